The van der Waals surface area contributed by atoms with Crippen molar-refractivity contribution in [3.05, 3.63) is 89.1 Å². The first-order chi connectivity index (χ1) is 29.7. The number of piperazine rings is 1. The van der Waals surface area contributed by atoms with Crippen LogP contribution in [0.1, 0.15) is 65.6 Å². The number of carbonyl (C=O) groups is 4. The number of rotatable bonds is 12. The molecular weight excluding hydrogens is 806 g/mol. The fourth-order valence-electron chi connectivity index (χ4n) is 8.34. The number of anilines is 6. The number of likely N-dealkylation sites (tertiary alicyclic amines) is 1. The Bertz CT molecular complexity index is 2300. The number of para-hydroxylation sites is 1. The van der Waals surface area contributed by atoms with Gasteiger partial charge in [-0.3, -0.25) is 29.4 Å². The molecule has 7 rings (SSSR count). The van der Waals surface area contributed by atoms with Crippen LogP contribution in [0.5, 0.6) is 5.75 Å². The number of nitrogens with one attached hydrogen (secondary N) is 5. The maximum atomic E-state index is 14.1. The van der Waals surface area contributed by atoms with Gasteiger partial charge < -0.3 is 35.8 Å². The van der Waals surface area contributed by atoms with Crippen LogP contribution < -0.4 is 36.2 Å². The largest absolute Gasteiger partial charge is 0.494 e. The van der Waals surface area contributed by atoms with Gasteiger partial charge in [-0.15, -0.1) is 0 Å². The van der Waals surface area contributed by atoms with Crippen LogP contribution in [0.3, 0.4) is 0 Å². The summed E-state index contributed by atoms with van der Waals surface area (Å²) in [6, 6.07) is 17.5. The standard InChI is InChI=1S/C44H51F3N10O5/c1-26-21-35(52-43-49-23-32(44(45,46)47)40(54-43)51-33-8-6-5-7-31(33)41(60)48-3)37(62-4)22-36(26)56-19-20-57(27(2)24-56)39(59)25-55-17-15-29(16-18-55)28-9-11-30(12-10-28)50-34-13-14-38(58)53-42(34)61/h5-12,21-23,27,29,34,50H,13-20,24-25H2,1-4H3,(H,48,60)(H,53,58,61)(H2,49,51,52,54). The third-order valence-electron chi connectivity index (χ3n) is 11.7. The summed E-state index contributed by atoms with van der Waals surface area (Å²) in [6.07, 6.45) is -1.44. The molecule has 0 aliphatic carbocycles. The fraction of sp³-hybridized carbons (Fsp3) is 0.409. The Morgan fingerprint density at radius 1 is 0.952 bits per heavy atom. The van der Waals surface area contributed by atoms with Gasteiger partial charge in [0.25, 0.3) is 5.91 Å². The zero-order chi connectivity index (χ0) is 44.1. The average Bonchev–Trinajstić information content (AvgIpc) is 3.25. The highest BCUT2D eigenvalue weighted by atomic mass is 19.4. The smallest absolute Gasteiger partial charge is 0.421 e. The number of halogens is 3. The van der Waals surface area contributed by atoms with Crippen LogP contribution in [0.15, 0.2) is 66.9 Å². The van der Waals surface area contributed by atoms with Gasteiger partial charge in [0.1, 0.15) is 23.2 Å². The summed E-state index contributed by atoms with van der Waals surface area (Å²) in [5.41, 5.74) is 3.44. The first-order valence-electron chi connectivity index (χ1n) is 20.7. The third-order valence-corrected chi connectivity index (χ3v) is 11.7. The molecule has 3 aromatic carbocycles. The normalized spacial score (nSPS) is 18.8. The van der Waals surface area contributed by atoms with Gasteiger partial charge in [-0.2, -0.15) is 18.2 Å². The molecule has 0 saturated carbocycles. The van der Waals surface area contributed by atoms with E-state index in [0.29, 0.717) is 62.6 Å². The molecule has 18 heteroatoms. The minimum atomic E-state index is -4.78. The molecule has 62 heavy (non-hydrogen) atoms. The van der Waals surface area contributed by atoms with Crippen LogP contribution in [0.25, 0.3) is 0 Å². The number of nitrogens with zero attached hydrogens (tertiary/aromatic N) is 5. The number of aryl methyl sites for hydroxylation is 1. The Balaban J connectivity index is 0.942. The number of benzene rings is 3. The second-order valence-electron chi connectivity index (χ2n) is 15.9. The lowest BCUT2D eigenvalue weighted by molar-refractivity contribution is -0.137. The number of hydrogen-bond acceptors (Lipinski definition) is 12. The van der Waals surface area contributed by atoms with Crippen LogP contribution in [-0.4, -0.2) is 109 Å². The average molecular weight is 857 g/mol. The number of ether oxygens (including phenoxy) is 1. The number of methoxy groups -OCH3 is 1. The maximum absolute atomic E-state index is 14.1. The first-order valence-corrected chi connectivity index (χ1v) is 20.7. The molecule has 0 spiro atoms. The van der Waals surface area contributed by atoms with Gasteiger partial charge in [-0.1, -0.05) is 24.3 Å². The lowest BCUT2D eigenvalue weighted by Gasteiger charge is -2.42. The molecule has 328 valence electrons. The predicted octanol–water partition coefficient (Wildman–Crippen LogP) is 5.79. The van der Waals surface area contributed by atoms with Crippen molar-refractivity contribution in [1.29, 1.82) is 0 Å². The van der Waals surface area contributed by atoms with E-state index in [1.54, 1.807) is 12.1 Å². The summed E-state index contributed by atoms with van der Waals surface area (Å²) in [4.78, 5) is 64.2. The SMILES string of the molecule is CNC(=O)c1ccccc1Nc1nc(Nc2cc(C)c(N3CCN(C(=O)CN4CCC(c5ccc(NC6CCC(=O)NC6=O)cc5)CC4)C(C)C3)cc2OC)ncc1C(F)(F)F. The number of aromatic nitrogens is 2. The highest BCUT2D eigenvalue weighted by molar-refractivity contribution is 6.01. The van der Waals surface area contributed by atoms with Gasteiger partial charge in [0.05, 0.1) is 30.6 Å². The second kappa shape index (κ2) is 18.7. The van der Waals surface area contributed by atoms with Gasteiger partial charge >= 0.3 is 6.18 Å². The lowest BCUT2D eigenvalue weighted by Crippen LogP contribution is -2.56. The van der Waals surface area contributed by atoms with Gasteiger partial charge in [0, 0.05) is 62.8 Å². The Morgan fingerprint density at radius 2 is 1.69 bits per heavy atom. The zero-order valence-corrected chi connectivity index (χ0v) is 35.1. The molecule has 15 nitrogen and oxygen atoms in total. The first kappa shape index (κ1) is 43.7. The van der Waals surface area contributed by atoms with E-state index in [9.17, 15) is 32.3 Å². The monoisotopic (exact) mass is 856 g/mol. The van der Waals surface area contributed by atoms with E-state index in [4.69, 9.17) is 4.74 Å². The van der Waals surface area contributed by atoms with Gasteiger partial charge in [-0.25, -0.2) is 4.98 Å². The van der Waals surface area contributed by atoms with Crippen molar-refractivity contribution in [3.63, 3.8) is 0 Å². The highest BCUT2D eigenvalue weighted by Crippen LogP contribution is 2.39. The summed E-state index contributed by atoms with van der Waals surface area (Å²) in [5, 5.41) is 13.8. The lowest BCUT2D eigenvalue weighted by atomic mass is 9.89. The molecule has 0 radical (unpaired) electrons. The van der Waals surface area contributed by atoms with Crippen LogP contribution in [0, 0.1) is 6.92 Å². The van der Waals surface area contributed by atoms with Crippen LogP contribution in [-0.2, 0) is 20.6 Å². The van der Waals surface area contributed by atoms with E-state index >= 15 is 0 Å². The summed E-state index contributed by atoms with van der Waals surface area (Å²) in [7, 11) is 2.93. The van der Waals surface area contributed by atoms with Gasteiger partial charge in [0.15, 0.2) is 0 Å². The zero-order valence-electron chi connectivity index (χ0n) is 35.1. The second-order valence-corrected chi connectivity index (χ2v) is 15.9. The molecule has 3 saturated heterocycles. The molecule has 1 aromatic heterocycles. The molecule has 4 amide bonds. The minimum absolute atomic E-state index is 0.0655. The Kier molecular flexibility index (Phi) is 13.1. The maximum Gasteiger partial charge on any atom is 0.421 e. The van der Waals surface area contributed by atoms with E-state index in [2.05, 4.69) is 58.5 Å². The van der Waals surface area contributed by atoms with Crippen molar-refractivity contribution < 1.29 is 37.1 Å². The number of carbonyl (C=O) groups excluding carboxylic acids is 4. The van der Waals surface area contributed by atoms with Crippen LogP contribution in [0.2, 0.25) is 0 Å². The molecule has 3 fully saturated rings. The van der Waals surface area contributed by atoms with Crippen molar-refractivity contribution >= 4 is 58.1 Å². The third kappa shape index (κ3) is 10.0. The number of imide groups is 1. The number of piperidine rings is 2. The Hall–Kier alpha value is -6.43. The van der Waals surface area contributed by atoms with Crippen molar-refractivity contribution in [2.24, 2.45) is 0 Å². The summed E-state index contributed by atoms with van der Waals surface area (Å²) < 4.78 is 48.0. The van der Waals surface area contributed by atoms with Gasteiger partial charge in [-0.05, 0) is 93.6 Å². The van der Waals surface area contributed by atoms with E-state index in [1.165, 1.54) is 31.9 Å². The molecule has 4 heterocycles. The number of hydrogen-bond donors (Lipinski definition) is 5. The summed E-state index contributed by atoms with van der Waals surface area (Å²) >= 11 is 0. The number of alkyl halides is 3. The van der Waals surface area contributed by atoms with E-state index in [0.717, 1.165) is 42.9 Å². The minimum Gasteiger partial charge on any atom is -0.494 e. The highest BCUT2D eigenvalue weighted by Gasteiger charge is 2.36. The molecule has 4 aromatic rings. The molecule has 2 atom stereocenters. The van der Waals surface area contributed by atoms with Crippen molar-refractivity contribution in [1.82, 2.24) is 30.4 Å². The quantitative estimate of drug-likeness (QED) is 0.109. The van der Waals surface area contributed by atoms with Crippen molar-refractivity contribution in [3.8, 4) is 5.75 Å². The van der Waals surface area contributed by atoms with E-state index < -0.39 is 29.5 Å². The molecule has 2 unspecified atom stereocenters. The fourth-order valence-corrected chi connectivity index (χ4v) is 8.34. The molecular formula is C44H51F3N10O5. The van der Waals surface area contributed by atoms with Gasteiger partial charge in [0.2, 0.25) is 23.7 Å². The summed E-state index contributed by atoms with van der Waals surface area (Å²) in [5.74, 6) is -0.786. The topological polar surface area (TPSA) is 173 Å². The van der Waals surface area contributed by atoms with Crippen molar-refractivity contribution in [2.45, 2.75) is 63.7 Å². The molecule has 3 aliphatic heterocycles. The molecule has 3 aliphatic rings. The molecule has 5 N–H and O–H groups in total. The van der Waals surface area contributed by atoms with Crippen LogP contribution >= 0.6 is 0 Å². The Labute approximate surface area is 357 Å². The predicted molar refractivity (Wildman–Crippen MR) is 229 cm³/mol. The summed E-state index contributed by atoms with van der Waals surface area (Å²) in [6.45, 7) is 7.65. The molecule has 0 bridgehead atoms. The van der Waals surface area contributed by atoms with Crippen molar-refractivity contribution in [2.75, 3.05) is 74.3 Å². The van der Waals surface area contributed by atoms with Crippen LogP contribution in [0.4, 0.5) is 47.7 Å². The Morgan fingerprint density at radius 3 is 2.37 bits per heavy atom. The van der Waals surface area contributed by atoms with E-state index in [-0.39, 0.29) is 41.0 Å². The number of amides is 4. The van der Waals surface area contributed by atoms with E-state index in [1.807, 2.05) is 43.0 Å².